The molecule has 2 aromatic rings. The first-order valence-corrected chi connectivity index (χ1v) is 9.86. The maximum atomic E-state index is 14.3. The molecule has 1 aliphatic rings. The number of alkyl halides is 1. The van der Waals surface area contributed by atoms with E-state index in [1.165, 1.54) is 9.36 Å². The average Bonchev–Trinajstić information content (AvgIpc) is 2.82. The molecule has 25 heavy (non-hydrogen) atoms. The zero-order chi connectivity index (χ0) is 18.4. The monoisotopic (exact) mass is 411 g/mol. The highest BCUT2D eigenvalue weighted by molar-refractivity contribution is 7.93. The second-order valence-electron chi connectivity index (χ2n) is 5.56. The number of sulfonamides is 1. The van der Waals surface area contributed by atoms with Crippen LogP contribution in [0.15, 0.2) is 16.9 Å². The summed E-state index contributed by atoms with van der Waals surface area (Å²) in [4.78, 5) is 12.6. The van der Waals surface area contributed by atoms with E-state index >= 15 is 0 Å². The van der Waals surface area contributed by atoms with Crippen molar-refractivity contribution in [2.75, 3.05) is 9.93 Å². The number of nitrogens with zero attached hydrogens (tertiary/aromatic N) is 2. The van der Waals surface area contributed by atoms with Crippen molar-refractivity contribution in [1.29, 1.82) is 0 Å². The third-order valence-corrected chi connectivity index (χ3v) is 5.96. The van der Waals surface area contributed by atoms with E-state index < -0.39 is 38.1 Å². The molecule has 6 nitrogen and oxygen atoms in total. The van der Waals surface area contributed by atoms with Crippen LogP contribution in [0.4, 0.5) is 14.5 Å². The van der Waals surface area contributed by atoms with Crippen molar-refractivity contribution in [3.8, 4) is 11.1 Å². The van der Waals surface area contributed by atoms with Crippen molar-refractivity contribution in [2.45, 2.75) is 25.9 Å². The number of nitrogens with one attached hydrogen (secondary N) is 1. The first kappa shape index (κ1) is 18.2. The fraction of sp³-hybridized carbons (Fsp3) is 0.357. The molecule has 3 rings (SSSR count). The van der Waals surface area contributed by atoms with Gasteiger partial charge in [-0.3, -0.25) is 14.2 Å². The molecule has 1 aromatic heterocycles. The number of halogens is 4. The van der Waals surface area contributed by atoms with Crippen LogP contribution in [0, 0.1) is 11.6 Å². The number of rotatable bonds is 4. The van der Waals surface area contributed by atoms with Crippen LogP contribution in [-0.2, 0) is 23.1 Å². The summed E-state index contributed by atoms with van der Waals surface area (Å²) in [5.41, 5.74) is -1.44. The largest absolute Gasteiger partial charge is 0.280 e. The van der Waals surface area contributed by atoms with Gasteiger partial charge in [-0.1, -0.05) is 11.6 Å². The predicted molar refractivity (Wildman–Crippen MR) is 91.6 cm³/mol. The molecule has 136 valence electrons. The van der Waals surface area contributed by atoms with E-state index in [4.69, 9.17) is 23.2 Å². The van der Waals surface area contributed by atoms with E-state index in [1.807, 2.05) is 4.72 Å². The van der Waals surface area contributed by atoms with Gasteiger partial charge >= 0.3 is 0 Å². The number of hydrogen-bond acceptors (Lipinski definition) is 3. The normalized spacial score (nSPS) is 14.4. The Morgan fingerprint density at radius 3 is 2.36 bits per heavy atom. The Bertz CT molecular complexity index is 1000. The second-order valence-corrected chi connectivity index (χ2v) is 8.23. The van der Waals surface area contributed by atoms with E-state index in [9.17, 15) is 22.0 Å². The van der Waals surface area contributed by atoms with Crippen molar-refractivity contribution in [2.24, 2.45) is 0 Å². The van der Waals surface area contributed by atoms with Crippen LogP contribution >= 0.6 is 23.2 Å². The SMILES string of the molecule is O=c1c(-c2cc(NS(=O)(=O)CCl)c(F)cc2F)c(Cl)n2n1CCCC2. The number of hydrogen-bond donors (Lipinski definition) is 1. The van der Waals surface area contributed by atoms with Crippen LogP contribution in [0.3, 0.4) is 0 Å². The van der Waals surface area contributed by atoms with Crippen LogP contribution < -0.4 is 10.3 Å². The summed E-state index contributed by atoms with van der Waals surface area (Å²) in [5.74, 6) is -2.15. The Hall–Kier alpha value is -1.58. The molecule has 0 amide bonds. The van der Waals surface area contributed by atoms with Crippen molar-refractivity contribution in [3.63, 3.8) is 0 Å². The van der Waals surface area contributed by atoms with Crippen LogP contribution in [0.2, 0.25) is 5.15 Å². The standard InChI is InChI=1S/C14H13Cl2F2N3O3S/c15-7-25(23,24)19-11-5-8(9(17)6-10(11)18)12-13(16)20-3-1-2-4-21(20)14(12)22/h5-6,19H,1-4,7H2. The van der Waals surface area contributed by atoms with Gasteiger partial charge in [0.15, 0.2) is 0 Å². The van der Waals surface area contributed by atoms with E-state index in [0.29, 0.717) is 19.2 Å². The topological polar surface area (TPSA) is 73.1 Å². The smallest absolute Gasteiger partial charge is 0.276 e. The first-order valence-electron chi connectivity index (χ1n) is 7.30. The Labute approximate surface area is 152 Å². The molecule has 0 fully saturated rings. The lowest BCUT2D eigenvalue weighted by Gasteiger charge is -2.17. The Kier molecular flexibility index (Phi) is 4.82. The van der Waals surface area contributed by atoms with E-state index in [1.54, 1.807) is 0 Å². The van der Waals surface area contributed by atoms with Gasteiger partial charge in [-0.15, -0.1) is 11.6 Å². The quantitative estimate of drug-likeness (QED) is 0.785. The first-order chi connectivity index (χ1) is 11.7. The van der Waals surface area contributed by atoms with Gasteiger partial charge in [-0.25, -0.2) is 21.9 Å². The molecule has 0 saturated carbocycles. The lowest BCUT2D eigenvalue weighted by atomic mass is 10.1. The Balaban J connectivity index is 2.19. The van der Waals surface area contributed by atoms with E-state index in [-0.39, 0.29) is 16.3 Å². The Morgan fingerprint density at radius 1 is 1.12 bits per heavy atom. The lowest BCUT2D eigenvalue weighted by molar-refractivity contribution is 0.356. The number of fused-ring (bicyclic) bond motifs is 1. The highest BCUT2D eigenvalue weighted by Crippen LogP contribution is 2.32. The minimum absolute atomic E-state index is 0.0290. The maximum absolute atomic E-state index is 14.3. The molecule has 0 spiro atoms. The minimum atomic E-state index is -4.00. The van der Waals surface area contributed by atoms with Gasteiger partial charge in [0, 0.05) is 24.7 Å². The molecule has 0 atom stereocenters. The zero-order valence-electron chi connectivity index (χ0n) is 12.7. The maximum Gasteiger partial charge on any atom is 0.276 e. The van der Waals surface area contributed by atoms with E-state index in [2.05, 4.69) is 0 Å². The molecular formula is C14H13Cl2F2N3O3S. The van der Waals surface area contributed by atoms with Crippen molar-refractivity contribution in [1.82, 2.24) is 9.36 Å². The van der Waals surface area contributed by atoms with Gasteiger partial charge in [-0.2, -0.15) is 0 Å². The Morgan fingerprint density at radius 2 is 1.76 bits per heavy atom. The zero-order valence-corrected chi connectivity index (χ0v) is 15.1. The van der Waals surface area contributed by atoms with Crippen molar-refractivity contribution >= 4 is 38.9 Å². The van der Waals surface area contributed by atoms with Gasteiger partial charge in [-0.05, 0) is 18.9 Å². The van der Waals surface area contributed by atoms with Crippen LogP contribution in [-0.4, -0.2) is 23.0 Å². The molecule has 1 aromatic carbocycles. The van der Waals surface area contributed by atoms with Gasteiger partial charge in [0.2, 0.25) is 10.0 Å². The molecule has 0 aliphatic carbocycles. The van der Waals surface area contributed by atoms with Crippen LogP contribution in [0.5, 0.6) is 0 Å². The van der Waals surface area contributed by atoms with Crippen LogP contribution in [0.1, 0.15) is 12.8 Å². The fourth-order valence-corrected chi connectivity index (χ4v) is 3.83. The number of benzene rings is 1. The summed E-state index contributed by atoms with van der Waals surface area (Å²) in [7, 11) is -4.00. The summed E-state index contributed by atoms with van der Waals surface area (Å²) in [6.07, 6.45) is 1.60. The minimum Gasteiger partial charge on any atom is -0.280 e. The summed E-state index contributed by atoms with van der Waals surface area (Å²) < 4.78 is 56.1. The predicted octanol–water partition coefficient (Wildman–Crippen LogP) is 2.98. The van der Waals surface area contributed by atoms with Gasteiger partial charge in [0.05, 0.1) is 11.3 Å². The summed E-state index contributed by atoms with van der Waals surface area (Å²) in [5, 5.41) is -0.773. The summed E-state index contributed by atoms with van der Waals surface area (Å²) in [6.45, 7) is 0.940. The molecule has 1 N–H and O–H groups in total. The van der Waals surface area contributed by atoms with Gasteiger partial charge in [0.1, 0.15) is 22.0 Å². The molecule has 1 aliphatic heterocycles. The van der Waals surface area contributed by atoms with E-state index in [0.717, 1.165) is 18.9 Å². The van der Waals surface area contributed by atoms with Gasteiger partial charge in [0.25, 0.3) is 5.56 Å². The molecule has 0 saturated heterocycles. The number of aromatic nitrogens is 2. The van der Waals surface area contributed by atoms with Crippen LogP contribution in [0.25, 0.3) is 11.1 Å². The molecule has 0 radical (unpaired) electrons. The molecule has 2 heterocycles. The lowest BCUT2D eigenvalue weighted by Crippen LogP contribution is -2.27. The summed E-state index contributed by atoms with van der Waals surface area (Å²) in [6, 6.07) is 1.41. The molecule has 0 bridgehead atoms. The molecular weight excluding hydrogens is 399 g/mol. The molecule has 0 unspecified atom stereocenters. The highest BCUT2D eigenvalue weighted by Gasteiger charge is 2.25. The average molecular weight is 412 g/mol. The highest BCUT2D eigenvalue weighted by atomic mass is 35.5. The third kappa shape index (κ3) is 3.28. The van der Waals surface area contributed by atoms with Gasteiger partial charge < -0.3 is 0 Å². The van der Waals surface area contributed by atoms with Crippen molar-refractivity contribution in [3.05, 3.63) is 39.3 Å². The fourth-order valence-electron chi connectivity index (χ4n) is 2.77. The molecule has 11 heteroatoms. The number of anilines is 1. The third-order valence-electron chi connectivity index (χ3n) is 3.90. The second kappa shape index (κ2) is 6.62. The van der Waals surface area contributed by atoms with Crippen molar-refractivity contribution < 1.29 is 17.2 Å². The summed E-state index contributed by atoms with van der Waals surface area (Å²) >= 11 is 11.5.